The number of carboxylic acid groups (broad SMARTS) is 1. The van der Waals surface area contributed by atoms with E-state index in [1.807, 2.05) is 22.6 Å². The highest BCUT2D eigenvalue weighted by molar-refractivity contribution is 14.1. The van der Waals surface area contributed by atoms with E-state index < -0.39 is 5.97 Å². The molecule has 92 valence electrons. The van der Waals surface area contributed by atoms with Gasteiger partial charge in [0.1, 0.15) is 5.82 Å². The molecule has 0 unspecified atom stereocenters. The van der Waals surface area contributed by atoms with Gasteiger partial charge >= 0.3 is 5.97 Å². The van der Waals surface area contributed by atoms with E-state index in [0.717, 1.165) is 0 Å². The van der Waals surface area contributed by atoms with E-state index in [9.17, 15) is 9.59 Å². The van der Waals surface area contributed by atoms with Crippen molar-refractivity contribution < 1.29 is 9.90 Å². The largest absolute Gasteiger partial charge is 0.478 e. The van der Waals surface area contributed by atoms with Crippen LogP contribution in [0, 0.1) is 10.5 Å². The normalized spacial score (nSPS) is 11.6. The molecule has 17 heavy (non-hydrogen) atoms. The fourth-order valence-corrected chi connectivity index (χ4v) is 1.78. The molecule has 1 heterocycles. The standard InChI is InChI=1S/C11H13IN2O3/c1-3-8(11(16)17)4-5-14-7(2)13-6-9(12)10(14)15/h4,6H,3,5H2,1-2H3,(H,16,17). The van der Waals surface area contributed by atoms with Gasteiger partial charge in [0.15, 0.2) is 0 Å². The van der Waals surface area contributed by atoms with Crippen molar-refractivity contribution in [3.63, 3.8) is 0 Å². The number of halogens is 1. The highest BCUT2D eigenvalue weighted by atomic mass is 127. The molecule has 0 bridgehead atoms. The van der Waals surface area contributed by atoms with Gasteiger partial charge in [-0.15, -0.1) is 0 Å². The van der Waals surface area contributed by atoms with Gasteiger partial charge in [-0.2, -0.15) is 0 Å². The van der Waals surface area contributed by atoms with Gasteiger partial charge in [-0.1, -0.05) is 13.0 Å². The summed E-state index contributed by atoms with van der Waals surface area (Å²) in [5.41, 5.74) is 0.158. The Morgan fingerprint density at radius 2 is 2.29 bits per heavy atom. The maximum Gasteiger partial charge on any atom is 0.331 e. The number of hydrogen-bond donors (Lipinski definition) is 1. The molecule has 0 fully saturated rings. The average Bonchev–Trinajstić information content (AvgIpc) is 2.28. The summed E-state index contributed by atoms with van der Waals surface area (Å²) < 4.78 is 1.98. The number of carboxylic acids is 1. The lowest BCUT2D eigenvalue weighted by Gasteiger charge is -2.07. The number of allylic oxidation sites excluding steroid dienone is 1. The van der Waals surface area contributed by atoms with E-state index in [2.05, 4.69) is 4.98 Å². The van der Waals surface area contributed by atoms with E-state index in [4.69, 9.17) is 5.11 Å². The lowest BCUT2D eigenvalue weighted by atomic mass is 10.2. The van der Waals surface area contributed by atoms with Crippen LogP contribution in [-0.2, 0) is 11.3 Å². The van der Waals surface area contributed by atoms with Crippen LogP contribution in [0.2, 0.25) is 0 Å². The molecule has 1 aromatic heterocycles. The Labute approximate surface area is 112 Å². The number of aliphatic carboxylic acids is 1. The van der Waals surface area contributed by atoms with Crippen molar-refractivity contribution in [1.82, 2.24) is 9.55 Å². The third-order valence-electron chi connectivity index (χ3n) is 2.38. The molecule has 0 saturated heterocycles. The monoisotopic (exact) mass is 348 g/mol. The number of aryl methyl sites for hydroxylation is 1. The zero-order valence-corrected chi connectivity index (χ0v) is 11.8. The van der Waals surface area contributed by atoms with Crippen LogP contribution < -0.4 is 5.56 Å². The molecule has 1 rings (SSSR count). The highest BCUT2D eigenvalue weighted by Crippen LogP contribution is 2.03. The number of aromatic nitrogens is 2. The van der Waals surface area contributed by atoms with E-state index in [0.29, 0.717) is 21.4 Å². The van der Waals surface area contributed by atoms with Crippen LogP contribution in [0.4, 0.5) is 0 Å². The predicted molar refractivity (Wildman–Crippen MR) is 72.0 cm³/mol. The van der Waals surface area contributed by atoms with Crippen LogP contribution in [0.3, 0.4) is 0 Å². The summed E-state index contributed by atoms with van der Waals surface area (Å²) in [4.78, 5) is 26.7. The molecule has 1 N–H and O–H groups in total. The molecule has 0 aliphatic rings. The first-order chi connectivity index (χ1) is 7.97. The summed E-state index contributed by atoms with van der Waals surface area (Å²) in [6.07, 6.45) is 3.49. The summed E-state index contributed by atoms with van der Waals surface area (Å²) in [6, 6.07) is 0. The Balaban J connectivity index is 3.08. The van der Waals surface area contributed by atoms with Crippen LogP contribution in [0.1, 0.15) is 19.2 Å². The van der Waals surface area contributed by atoms with Crippen molar-refractivity contribution in [2.75, 3.05) is 0 Å². The maximum atomic E-state index is 11.8. The zero-order chi connectivity index (χ0) is 13.0. The molecule has 0 spiro atoms. The maximum absolute atomic E-state index is 11.8. The molecule has 0 atom stereocenters. The Morgan fingerprint density at radius 1 is 1.65 bits per heavy atom. The molecule has 0 aliphatic carbocycles. The summed E-state index contributed by atoms with van der Waals surface area (Å²) >= 11 is 1.91. The van der Waals surface area contributed by atoms with Gasteiger partial charge in [0.25, 0.3) is 5.56 Å². The van der Waals surface area contributed by atoms with Crippen LogP contribution >= 0.6 is 22.6 Å². The minimum absolute atomic E-state index is 0.143. The van der Waals surface area contributed by atoms with E-state index in [1.54, 1.807) is 19.9 Å². The Kier molecular flexibility index (Phi) is 4.86. The van der Waals surface area contributed by atoms with Crippen molar-refractivity contribution in [2.45, 2.75) is 26.8 Å². The van der Waals surface area contributed by atoms with E-state index in [1.165, 1.54) is 10.8 Å². The van der Waals surface area contributed by atoms with Crippen molar-refractivity contribution in [2.24, 2.45) is 0 Å². The molecule has 1 aromatic rings. The van der Waals surface area contributed by atoms with Crippen molar-refractivity contribution in [1.29, 1.82) is 0 Å². The Hall–Kier alpha value is -1.18. The molecule has 5 nitrogen and oxygen atoms in total. The lowest BCUT2D eigenvalue weighted by Crippen LogP contribution is -2.25. The smallest absolute Gasteiger partial charge is 0.331 e. The molecule has 0 radical (unpaired) electrons. The van der Waals surface area contributed by atoms with Crippen LogP contribution in [0.15, 0.2) is 22.6 Å². The fourth-order valence-electron chi connectivity index (χ4n) is 1.35. The first kappa shape index (κ1) is 13.9. The van der Waals surface area contributed by atoms with Crippen LogP contribution in [0.25, 0.3) is 0 Å². The number of rotatable bonds is 4. The van der Waals surface area contributed by atoms with Gasteiger partial charge in [0, 0.05) is 18.3 Å². The van der Waals surface area contributed by atoms with E-state index >= 15 is 0 Å². The summed E-state index contributed by atoms with van der Waals surface area (Å²) in [5, 5.41) is 8.87. The van der Waals surface area contributed by atoms with Gasteiger partial charge in [0.2, 0.25) is 0 Å². The lowest BCUT2D eigenvalue weighted by molar-refractivity contribution is -0.132. The molecule has 0 aromatic carbocycles. The van der Waals surface area contributed by atoms with E-state index in [-0.39, 0.29) is 12.1 Å². The number of nitrogens with zero attached hydrogens (tertiary/aromatic N) is 2. The molecule has 0 amide bonds. The van der Waals surface area contributed by atoms with Crippen molar-refractivity contribution in [3.8, 4) is 0 Å². The second-order valence-corrected chi connectivity index (χ2v) is 4.62. The molecule has 6 heteroatoms. The van der Waals surface area contributed by atoms with Gasteiger partial charge in [-0.05, 0) is 35.9 Å². The Morgan fingerprint density at radius 3 is 2.82 bits per heavy atom. The summed E-state index contributed by atoms with van der Waals surface area (Å²) in [6.45, 7) is 3.73. The second kappa shape index (κ2) is 5.95. The summed E-state index contributed by atoms with van der Waals surface area (Å²) in [7, 11) is 0. The minimum Gasteiger partial charge on any atom is -0.478 e. The number of hydrogen-bond acceptors (Lipinski definition) is 3. The second-order valence-electron chi connectivity index (χ2n) is 3.46. The summed E-state index contributed by atoms with van der Waals surface area (Å²) in [5.74, 6) is -0.371. The quantitative estimate of drug-likeness (QED) is 0.662. The van der Waals surface area contributed by atoms with Gasteiger partial charge in [-0.25, -0.2) is 9.78 Å². The minimum atomic E-state index is -0.947. The number of carbonyl (C=O) groups is 1. The fraction of sp³-hybridized carbons (Fsp3) is 0.364. The molecule has 0 aliphatic heterocycles. The first-order valence-corrected chi connectivity index (χ1v) is 6.19. The van der Waals surface area contributed by atoms with Crippen molar-refractivity contribution in [3.05, 3.63) is 37.6 Å². The first-order valence-electron chi connectivity index (χ1n) is 5.11. The third kappa shape index (κ3) is 3.39. The third-order valence-corrected chi connectivity index (χ3v) is 3.12. The highest BCUT2D eigenvalue weighted by Gasteiger charge is 2.07. The SMILES string of the molecule is CCC(=CCn1c(C)ncc(I)c1=O)C(=O)O. The topological polar surface area (TPSA) is 72.2 Å². The predicted octanol–water partition coefficient (Wildman–Crippen LogP) is 1.58. The zero-order valence-electron chi connectivity index (χ0n) is 9.61. The van der Waals surface area contributed by atoms with Gasteiger partial charge in [0.05, 0.1) is 3.57 Å². The average molecular weight is 348 g/mol. The molecular weight excluding hydrogens is 335 g/mol. The molecule has 0 saturated carbocycles. The van der Waals surface area contributed by atoms with Crippen LogP contribution in [0.5, 0.6) is 0 Å². The van der Waals surface area contributed by atoms with Gasteiger partial charge in [-0.3, -0.25) is 9.36 Å². The van der Waals surface area contributed by atoms with Crippen molar-refractivity contribution >= 4 is 28.6 Å². The Bertz CT molecular complexity index is 520. The van der Waals surface area contributed by atoms with Gasteiger partial charge < -0.3 is 5.11 Å². The molecular formula is C11H13IN2O3. The van der Waals surface area contributed by atoms with Crippen LogP contribution in [-0.4, -0.2) is 20.6 Å².